The molecule has 3 unspecified atom stereocenters. The van der Waals surface area contributed by atoms with Crippen molar-refractivity contribution in [3.63, 3.8) is 0 Å². The summed E-state index contributed by atoms with van der Waals surface area (Å²) in [6.07, 6.45) is 2.05. The highest BCUT2D eigenvalue weighted by Crippen LogP contribution is 2.21. The Balaban J connectivity index is 2.52. The van der Waals surface area contributed by atoms with Crippen molar-refractivity contribution in [3.8, 4) is 0 Å². The van der Waals surface area contributed by atoms with E-state index >= 15 is 0 Å². The summed E-state index contributed by atoms with van der Waals surface area (Å²) in [5.74, 6) is -0.248. The van der Waals surface area contributed by atoms with Crippen LogP contribution in [0.25, 0.3) is 0 Å². The average Bonchev–Trinajstić information content (AvgIpc) is 2.38. The number of ketones is 1. The van der Waals surface area contributed by atoms with Gasteiger partial charge in [0, 0.05) is 30.0 Å². The first-order valence-electron chi connectivity index (χ1n) is 7.71. The van der Waals surface area contributed by atoms with Gasteiger partial charge in [-0.2, -0.15) is 0 Å². The number of aliphatic imine (C=N–C) groups is 1. The highest BCUT2D eigenvalue weighted by Gasteiger charge is 2.30. The van der Waals surface area contributed by atoms with Crippen LogP contribution < -0.4 is 5.32 Å². The molecule has 1 N–H and O–H groups in total. The van der Waals surface area contributed by atoms with E-state index in [0.717, 1.165) is 12.8 Å². The molecule has 0 amide bonds. The molecule has 6 heteroatoms. The summed E-state index contributed by atoms with van der Waals surface area (Å²) in [6.45, 7) is 7.53. The second-order valence-electron chi connectivity index (χ2n) is 6.80. The lowest BCUT2D eigenvalue weighted by atomic mass is 9.94. The fraction of sp³-hybridized carbons (Fsp3) is 0.812. The number of piperidine rings is 1. The maximum absolute atomic E-state index is 12.4. The van der Waals surface area contributed by atoms with Crippen LogP contribution in [0, 0.1) is 0 Å². The third-order valence-electron chi connectivity index (χ3n) is 3.59. The number of Topliss-reactive ketones (excluding diaryl/α,β-unsaturated/α-hetero) is 1. The molecular weight excluding hydrogens is 348 g/mol. The number of esters is 1. The van der Waals surface area contributed by atoms with Crippen molar-refractivity contribution in [2.24, 2.45) is 4.99 Å². The van der Waals surface area contributed by atoms with Crippen molar-refractivity contribution >= 4 is 33.4 Å². The van der Waals surface area contributed by atoms with E-state index in [0.29, 0.717) is 10.5 Å². The number of hydrogen-bond donors (Lipinski definition) is 1. The second kappa shape index (κ2) is 8.20. The Bertz CT molecular complexity index is 443. The van der Waals surface area contributed by atoms with E-state index in [9.17, 15) is 9.59 Å². The minimum Gasteiger partial charge on any atom is -0.460 e. The zero-order valence-corrected chi connectivity index (χ0v) is 15.7. The second-order valence-corrected chi connectivity index (χ2v) is 7.97. The molecule has 0 saturated carbocycles. The van der Waals surface area contributed by atoms with E-state index in [-0.39, 0.29) is 36.7 Å². The van der Waals surface area contributed by atoms with Gasteiger partial charge in [0.15, 0.2) is 5.78 Å². The number of nitrogens with one attached hydrogen (secondary N) is 1. The van der Waals surface area contributed by atoms with Crippen molar-refractivity contribution in [1.29, 1.82) is 0 Å². The van der Waals surface area contributed by atoms with Crippen LogP contribution >= 0.6 is 15.9 Å². The van der Waals surface area contributed by atoms with Crippen molar-refractivity contribution < 1.29 is 14.3 Å². The number of alkyl halides is 1. The van der Waals surface area contributed by atoms with Gasteiger partial charge in [0.2, 0.25) is 0 Å². The SMILES string of the molecule is C/N=C(/CC(=O)OC(C)(C)C)CC(=O)C1CCC(Br)C(C)N1. The molecule has 0 spiro atoms. The van der Waals surface area contributed by atoms with Crippen LogP contribution in [0.1, 0.15) is 53.4 Å². The summed E-state index contributed by atoms with van der Waals surface area (Å²) in [4.78, 5) is 28.7. The van der Waals surface area contributed by atoms with E-state index in [1.54, 1.807) is 7.05 Å². The van der Waals surface area contributed by atoms with Gasteiger partial charge in [-0.15, -0.1) is 0 Å². The summed E-state index contributed by atoms with van der Waals surface area (Å²) in [5.41, 5.74) is 0.0558. The molecule has 5 nitrogen and oxygen atoms in total. The summed E-state index contributed by atoms with van der Waals surface area (Å²) < 4.78 is 5.28. The largest absolute Gasteiger partial charge is 0.460 e. The standard InChI is InChI=1S/C16H27BrN2O3/c1-10-12(17)6-7-13(19-10)14(20)8-11(18-5)9-15(21)22-16(2,3)4/h10,12-13,19H,6-9H2,1-5H3/b18-11+. The number of rotatable bonds is 5. The van der Waals surface area contributed by atoms with Gasteiger partial charge < -0.3 is 10.1 Å². The van der Waals surface area contributed by atoms with Crippen LogP contribution in [-0.2, 0) is 14.3 Å². The molecule has 1 rings (SSSR count). The molecule has 0 aliphatic carbocycles. The molecule has 1 heterocycles. The summed E-state index contributed by atoms with van der Waals surface area (Å²) in [7, 11) is 1.61. The van der Waals surface area contributed by atoms with Crippen LogP contribution in [0.4, 0.5) is 0 Å². The lowest BCUT2D eigenvalue weighted by Crippen LogP contribution is -2.50. The monoisotopic (exact) mass is 374 g/mol. The van der Waals surface area contributed by atoms with Crippen LogP contribution in [0.2, 0.25) is 0 Å². The third kappa shape index (κ3) is 6.57. The minimum absolute atomic E-state index is 0.0723. The topological polar surface area (TPSA) is 67.8 Å². The molecule has 0 aromatic rings. The minimum atomic E-state index is -0.523. The fourth-order valence-electron chi connectivity index (χ4n) is 2.42. The Kier molecular flexibility index (Phi) is 7.19. The lowest BCUT2D eigenvalue weighted by molar-refractivity contribution is -0.153. The molecule has 0 radical (unpaired) electrons. The maximum Gasteiger partial charge on any atom is 0.312 e. The summed E-state index contributed by atoms with van der Waals surface area (Å²) in [6, 6.07) is 0.106. The van der Waals surface area contributed by atoms with E-state index in [1.807, 2.05) is 20.8 Å². The van der Waals surface area contributed by atoms with Crippen molar-refractivity contribution in [3.05, 3.63) is 0 Å². The summed E-state index contributed by atoms with van der Waals surface area (Å²) >= 11 is 3.60. The Morgan fingerprint density at radius 1 is 1.27 bits per heavy atom. The van der Waals surface area contributed by atoms with Gasteiger partial charge in [0.25, 0.3) is 0 Å². The number of ether oxygens (including phenoxy) is 1. The van der Waals surface area contributed by atoms with Crippen LogP contribution in [-0.4, -0.2) is 47.0 Å². The molecule has 1 saturated heterocycles. The van der Waals surface area contributed by atoms with Crippen molar-refractivity contribution in [1.82, 2.24) is 5.32 Å². The van der Waals surface area contributed by atoms with Gasteiger partial charge in [0.05, 0.1) is 12.5 Å². The molecule has 1 aliphatic rings. The van der Waals surface area contributed by atoms with Gasteiger partial charge in [-0.3, -0.25) is 14.6 Å². The fourth-order valence-corrected chi connectivity index (χ4v) is 2.84. The normalized spacial score (nSPS) is 26.6. The van der Waals surface area contributed by atoms with E-state index in [4.69, 9.17) is 4.74 Å². The van der Waals surface area contributed by atoms with Gasteiger partial charge in [-0.25, -0.2) is 0 Å². The molecule has 22 heavy (non-hydrogen) atoms. The zero-order valence-electron chi connectivity index (χ0n) is 14.1. The molecule has 3 atom stereocenters. The number of hydrogen-bond acceptors (Lipinski definition) is 5. The number of carbonyl (C=O) groups excluding carboxylic acids is 2. The molecule has 1 aliphatic heterocycles. The van der Waals surface area contributed by atoms with E-state index < -0.39 is 5.60 Å². The maximum atomic E-state index is 12.4. The first-order chi connectivity index (χ1) is 10.1. The molecule has 0 aromatic carbocycles. The molecule has 1 fully saturated rings. The number of carbonyl (C=O) groups is 2. The van der Waals surface area contributed by atoms with Crippen LogP contribution in [0.3, 0.4) is 0 Å². The Morgan fingerprint density at radius 2 is 1.91 bits per heavy atom. The molecular formula is C16H27BrN2O3. The van der Waals surface area contributed by atoms with Gasteiger partial charge >= 0.3 is 5.97 Å². The Hall–Kier alpha value is -0.750. The average molecular weight is 375 g/mol. The summed E-state index contributed by atoms with van der Waals surface area (Å²) in [5, 5.41) is 3.32. The predicted molar refractivity (Wildman–Crippen MR) is 91.8 cm³/mol. The van der Waals surface area contributed by atoms with Crippen molar-refractivity contribution in [2.45, 2.75) is 75.9 Å². The van der Waals surface area contributed by atoms with E-state index in [2.05, 4.69) is 33.2 Å². The van der Waals surface area contributed by atoms with Gasteiger partial charge in [-0.1, -0.05) is 15.9 Å². The van der Waals surface area contributed by atoms with Crippen LogP contribution in [0.5, 0.6) is 0 Å². The molecule has 0 aromatic heterocycles. The highest BCUT2D eigenvalue weighted by atomic mass is 79.9. The van der Waals surface area contributed by atoms with Crippen LogP contribution in [0.15, 0.2) is 4.99 Å². The third-order valence-corrected chi connectivity index (χ3v) is 4.84. The Morgan fingerprint density at radius 3 is 2.41 bits per heavy atom. The number of halogens is 1. The zero-order chi connectivity index (χ0) is 16.9. The highest BCUT2D eigenvalue weighted by molar-refractivity contribution is 9.09. The number of nitrogens with zero attached hydrogens (tertiary/aromatic N) is 1. The van der Waals surface area contributed by atoms with Gasteiger partial charge in [0.1, 0.15) is 5.60 Å². The molecule has 0 bridgehead atoms. The first-order valence-corrected chi connectivity index (χ1v) is 8.63. The van der Waals surface area contributed by atoms with Gasteiger partial charge in [-0.05, 0) is 40.5 Å². The van der Waals surface area contributed by atoms with E-state index in [1.165, 1.54) is 0 Å². The molecule has 126 valence electrons. The predicted octanol–water partition coefficient (Wildman–Crippen LogP) is 2.65. The Labute approximate surface area is 141 Å². The smallest absolute Gasteiger partial charge is 0.312 e. The quantitative estimate of drug-likeness (QED) is 0.456. The van der Waals surface area contributed by atoms with Crippen molar-refractivity contribution in [2.75, 3.05) is 7.05 Å². The lowest BCUT2D eigenvalue weighted by Gasteiger charge is -2.32. The first kappa shape index (κ1) is 19.3.